The second-order valence-electron chi connectivity index (χ2n) is 4.54. The molecular formula is C14H11N5. The van der Waals surface area contributed by atoms with E-state index >= 15 is 0 Å². The van der Waals surface area contributed by atoms with Gasteiger partial charge >= 0.3 is 0 Å². The summed E-state index contributed by atoms with van der Waals surface area (Å²) in [5.74, 6) is 0.708. The summed E-state index contributed by atoms with van der Waals surface area (Å²) in [6.45, 7) is 2.06. The highest BCUT2D eigenvalue weighted by atomic mass is 15.1. The fourth-order valence-corrected chi connectivity index (χ4v) is 2.34. The molecule has 4 aromatic rings. The molecule has 0 fully saturated rings. The SMILES string of the molecule is Cc1cc(-c2cn3cccnc3n2)cc2[nH]cnc12. The van der Waals surface area contributed by atoms with Gasteiger partial charge in [-0.2, -0.15) is 0 Å². The van der Waals surface area contributed by atoms with Gasteiger partial charge in [0.2, 0.25) is 5.78 Å². The van der Waals surface area contributed by atoms with Gasteiger partial charge in [-0.1, -0.05) is 0 Å². The minimum atomic E-state index is 0.708. The first kappa shape index (κ1) is 10.3. The van der Waals surface area contributed by atoms with Crippen LogP contribution in [0, 0.1) is 6.92 Å². The van der Waals surface area contributed by atoms with E-state index in [1.807, 2.05) is 22.9 Å². The number of aryl methyl sites for hydroxylation is 1. The summed E-state index contributed by atoms with van der Waals surface area (Å²) in [5.41, 5.74) is 5.16. The Morgan fingerprint density at radius 2 is 2.16 bits per heavy atom. The Bertz CT molecular complexity index is 854. The maximum Gasteiger partial charge on any atom is 0.234 e. The summed E-state index contributed by atoms with van der Waals surface area (Å²) in [4.78, 5) is 16.2. The Hall–Kier alpha value is -2.69. The molecule has 3 aromatic heterocycles. The van der Waals surface area contributed by atoms with Gasteiger partial charge in [0.05, 0.1) is 23.1 Å². The fraction of sp³-hybridized carbons (Fsp3) is 0.0714. The Labute approximate surface area is 109 Å². The topological polar surface area (TPSA) is 58.9 Å². The lowest BCUT2D eigenvalue weighted by molar-refractivity contribution is 1.11. The molecule has 5 nitrogen and oxygen atoms in total. The fourth-order valence-electron chi connectivity index (χ4n) is 2.34. The summed E-state index contributed by atoms with van der Waals surface area (Å²) in [7, 11) is 0. The molecule has 3 heterocycles. The molecule has 0 aliphatic heterocycles. The van der Waals surface area contributed by atoms with E-state index in [9.17, 15) is 0 Å². The summed E-state index contributed by atoms with van der Waals surface area (Å²) in [6.07, 6.45) is 7.39. The lowest BCUT2D eigenvalue weighted by Crippen LogP contribution is -1.83. The highest BCUT2D eigenvalue weighted by Crippen LogP contribution is 2.25. The van der Waals surface area contributed by atoms with E-state index in [0.29, 0.717) is 5.78 Å². The molecule has 0 amide bonds. The van der Waals surface area contributed by atoms with Crippen molar-refractivity contribution in [3.63, 3.8) is 0 Å². The number of aromatic nitrogens is 5. The number of imidazole rings is 2. The molecule has 0 spiro atoms. The van der Waals surface area contributed by atoms with Crippen molar-refractivity contribution < 1.29 is 0 Å². The lowest BCUT2D eigenvalue weighted by Gasteiger charge is -2.00. The van der Waals surface area contributed by atoms with E-state index in [4.69, 9.17) is 0 Å². The molecule has 0 saturated carbocycles. The van der Waals surface area contributed by atoms with Crippen LogP contribution in [0.1, 0.15) is 5.56 Å². The van der Waals surface area contributed by atoms with Crippen LogP contribution in [0.15, 0.2) is 43.1 Å². The van der Waals surface area contributed by atoms with Crippen molar-refractivity contribution in [3.8, 4) is 11.3 Å². The number of benzene rings is 1. The van der Waals surface area contributed by atoms with Gasteiger partial charge in [-0.25, -0.2) is 15.0 Å². The number of hydrogen-bond acceptors (Lipinski definition) is 3. The molecule has 1 N–H and O–H groups in total. The molecule has 4 rings (SSSR count). The number of rotatable bonds is 1. The Morgan fingerprint density at radius 3 is 3.05 bits per heavy atom. The van der Waals surface area contributed by atoms with Crippen LogP contribution in [0.25, 0.3) is 28.1 Å². The maximum atomic E-state index is 4.53. The predicted octanol–water partition coefficient (Wildman–Crippen LogP) is 2.58. The quantitative estimate of drug-likeness (QED) is 0.564. The standard InChI is InChI=1S/C14H11N5/c1-9-5-10(6-11-13(9)17-8-16-11)12-7-19-4-2-3-15-14(19)18-12/h2-8H,1H3,(H,16,17). The number of H-pyrrole nitrogens is 1. The largest absolute Gasteiger partial charge is 0.345 e. The predicted molar refractivity (Wildman–Crippen MR) is 72.8 cm³/mol. The normalized spacial score (nSPS) is 11.4. The van der Waals surface area contributed by atoms with Gasteiger partial charge in [0, 0.05) is 24.2 Å². The van der Waals surface area contributed by atoms with E-state index in [2.05, 4.69) is 39.0 Å². The van der Waals surface area contributed by atoms with Crippen molar-refractivity contribution in [2.45, 2.75) is 6.92 Å². The third kappa shape index (κ3) is 1.52. The van der Waals surface area contributed by atoms with Crippen LogP contribution in [0.2, 0.25) is 0 Å². The van der Waals surface area contributed by atoms with Gasteiger partial charge < -0.3 is 4.98 Å². The van der Waals surface area contributed by atoms with Gasteiger partial charge in [-0.05, 0) is 30.7 Å². The van der Waals surface area contributed by atoms with E-state index in [-0.39, 0.29) is 0 Å². The summed E-state index contributed by atoms with van der Waals surface area (Å²) < 4.78 is 1.92. The van der Waals surface area contributed by atoms with Gasteiger partial charge in [0.25, 0.3) is 0 Å². The van der Waals surface area contributed by atoms with Crippen molar-refractivity contribution in [2.24, 2.45) is 0 Å². The van der Waals surface area contributed by atoms with Crippen LogP contribution in [0.3, 0.4) is 0 Å². The minimum absolute atomic E-state index is 0.708. The van der Waals surface area contributed by atoms with Crippen LogP contribution in [-0.2, 0) is 0 Å². The molecule has 5 heteroatoms. The first-order chi connectivity index (χ1) is 9.31. The van der Waals surface area contributed by atoms with E-state index < -0.39 is 0 Å². The zero-order chi connectivity index (χ0) is 12.8. The van der Waals surface area contributed by atoms with Gasteiger partial charge in [0.1, 0.15) is 0 Å². The van der Waals surface area contributed by atoms with Crippen LogP contribution >= 0.6 is 0 Å². The number of aromatic amines is 1. The zero-order valence-electron chi connectivity index (χ0n) is 10.3. The molecule has 0 bridgehead atoms. The summed E-state index contributed by atoms with van der Waals surface area (Å²) >= 11 is 0. The molecule has 1 aromatic carbocycles. The first-order valence-corrected chi connectivity index (χ1v) is 6.05. The Balaban J connectivity index is 1.97. The molecular weight excluding hydrogens is 238 g/mol. The van der Waals surface area contributed by atoms with Crippen LogP contribution < -0.4 is 0 Å². The number of nitrogens with one attached hydrogen (secondary N) is 1. The third-order valence-corrected chi connectivity index (χ3v) is 3.25. The monoisotopic (exact) mass is 249 g/mol. The van der Waals surface area contributed by atoms with E-state index in [1.165, 1.54) is 0 Å². The zero-order valence-corrected chi connectivity index (χ0v) is 10.3. The highest BCUT2D eigenvalue weighted by molar-refractivity contribution is 5.84. The second kappa shape index (κ2) is 3.65. The Morgan fingerprint density at radius 1 is 1.21 bits per heavy atom. The first-order valence-electron chi connectivity index (χ1n) is 6.05. The third-order valence-electron chi connectivity index (χ3n) is 3.25. The van der Waals surface area contributed by atoms with Crippen LogP contribution in [0.5, 0.6) is 0 Å². The molecule has 0 radical (unpaired) electrons. The molecule has 0 aliphatic carbocycles. The van der Waals surface area contributed by atoms with Crippen molar-refractivity contribution in [2.75, 3.05) is 0 Å². The number of nitrogens with zero attached hydrogens (tertiary/aromatic N) is 4. The highest BCUT2D eigenvalue weighted by Gasteiger charge is 2.08. The maximum absolute atomic E-state index is 4.53. The molecule has 0 atom stereocenters. The average molecular weight is 249 g/mol. The van der Waals surface area contributed by atoms with Gasteiger partial charge in [-0.3, -0.25) is 4.40 Å². The van der Waals surface area contributed by atoms with Crippen molar-refractivity contribution >= 4 is 16.8 Å². The summed E-state index contributed by atoms with van der Waals surface area (Å²) in [6, 6.07) is 6.06. The second-order valence-corrected chi connectivity index (χ2v) is 4.54. The van der Waals surface area contributed by atoms with Crippen LogP contribution in [0.4, 0.5) is 0 Å². The summed E-state index contributed by atoms with van der Waals surface area (Å²) in [5, 5.41) is 0. The van der Waals surface area contributed by atoms with Crippen LogP contribution in [-0.4, -0.2) is 24.3 Å². The number of fused-ring (bicyclic) bond motifs is 2. The molecule has 0 saturated heterocycles. The number of hydrogen-bond donors (Lipinski definition) is 1. The minimum Gasteiger partial charge on any atom is -0.345 e. The Kier molecular flexibility index (Phi) is 1.97. The van der Waals surface area contributed by atoms with Crippen molar-refractivity contribution in [3.05, 3.63) is 48.7 Å². The van der Waals surface area contributed by atoms with Crippen molar-refractivity contribution in [1.29, 1.82) is 0 Å². The molecule has 19 heavy (non-hydrogen) atoms. The van der Waals surface area contributed by atoms with Gasteiger partial charge in [0.15, 0.2) is 0 Å². The van der Waals surface area contributed by atoms with E-state index in [1.54, 1.807) is 12.5 Å². The van der Waals surface area contributed by atoms with E-state index in [0.717, 1.165) is 27.9 Å². The molecule has 0 unspecified atom stereocenters. The lowest BCUT2D eigenvalue weighted by atomic mass is 10.1. The van der Waals surface area contributed by atoms with Crippen molar-refractivity contribution in [1.82, 2.24) is 24.3 Å². The average Bonchev–Trinajstić information content (AvgIpc) is 3.04. The molecule has 92 valence electrons. The molecule has 0 aliphatic rings. The smallest absolute Gasteiger partial charge is 0.234 e. The van der Waals surface area contributed by atoms with Gasteiger partial charge in [-0.15, -0.1) is 0 Å².